The maximum Gasteiger partial charge on any atom is 0.321 e. The third-order valence-electron chi connectivity index (χ3n) is 3.12. The van der Waals surface area contributed by atoms with Crippen molar-refractivity contribution in [2.75, 3.05) is 12.4 Å². The first-order chi connectivity index (χ1) is 10.5. The topological polar surface area (TPSA) is 88.3 Å². The number of carbonyl (C=O) groups excluding carboxylic acids is 2. The number of hydrogen-bond acceptors (Lipinski definition) is 3. The minimum Gasteiger partial charge on any atom is -0.366 e. The number of aromatic nitrogens is 1. The number of aryl methyl sites for hydroxylation is 1. The maximum atomic E-state index is 12.1. The van der Waals surface area contributed by atoms with Gasteiger partial charge in [0.1, 0.15) is 0 Å². The fourth-order valence-electron chi connectivity index (χ4n) is 1.88. The van der Waals surface area contributed by atoms with Crippen molar-refractivity contribution >= 4 is 17.6 Å². The highest BCUT2D eigenvalue weighted by Crippen LogP contribution is 2.11. The lowest BCUT2D eigenvalue weighted by molar-refractivity contribution is 0.1000. The zero-order valence-electron chi connectivity index (χ0n) is 12.5. The predicted octanol–water partition coefficient (Wildman–Crippen LogP) is 2.15. The average molecular weight is 298 g/mol. The van der Waals surface area contributed by atoms with E-state index in [1.54, 1.807) is 31.4 Å². The summed E-state index contributed by atoms with van der Waals surface area (Å²) in [4.78, 5) is 29.0. The van der Waals surface area contributed by atoms with Gasteiger partial charge in [-0.05, 0) is 36.8 Å². The molecule has 0 saturated carbocycles. The second-order valence-electron chi connectivity index (χ2n) is 5.06. The lowest BCUT2D eigenvalue weighted by Gasteiger charge is -2.17. The SMILES string of the molecule is Cc1ccc(CN(C)C(=O)Nc2cccc(C(N)=O)c2)nc1. The van der Waals surface area contributed by atoms with Crippen LogP contribution in [0.2, 0.25) is 0 Å². The minimum atomic E-state index is -0.534. The molecule has 0 bridgehead atoms. The van der Waals surface area contributed by atoms with Crippen molar-refractivity contribution in [3.63, 3.8) is 0 Å². The van der Waals surface area contributed by atoms with Crippen LogP contribution in [0.25, 0.3) is 0 Å². The first kappa shape index (κ1) is 15.5. The van der Waals surface area contributed by atoms with Crippen molar-refractivity contribution in [2.24, 2.45) is 5.73 Å². The summed E-state index contributed by atoms with van der Waals surface area (Å²) < 4.78 is 0. The van der Waals surface area contributed by atoms with Crippen molar-refractivity contribution in [3.05, 3.63) is 59.4 Å². The molecule has 6 heteroatoms. The largest absolute Gasteiger partial charge is 0.366 e. The molecule has 1 heterocycles. The van der Waals surface area contributed by atoms with Crippen LogP contribution in [0.1, 0.15) is 21.6 Å². The third-order valence-corrected chi connectivity index (χ3v) is 3.12. The second kappa shape index (κ2) is 6.71. The summed E-state index contributed by atoms with van der Waals surface area (Å²) in [6.07, 6.45) is 1.76. The molecule has 0 aliphatic carbocycles. The summed E-state index contributed by atoms with van der Waals surface area (Å²) in [7, 11) is 1.68. The van der Waals surface area contributed by atoms with E-state index in [-0.39, 0.29) is 6.03 Å². The Kier molecular flexibility index (Phi) is 4.73. The van der Waals surface area contributed by atoms with E-state index in [2.05, 4.69) is 10.3 Å². The van der Waals surface area contributed by atoms with Crippen LogP contribution in [0.4, 0.5) is 10.5 Å². The molecule has 22 heavy (non-hydrogen) atoms. The van der Waals surface area contributed by atoms with Gasteiger partial charge in [0, 0.05) is 24.5 Å². The molecule has 0 saturated heterocycles. The molecule has 0 atom stereocenters. The Morgan fingerprint density at radius 1 is 1.27 bits per heavy atom. The molecule has 114 valence electrons. The maximum absolute atomic E-state index is 12.1. The normalized spacial score (nSPS) is 10.1. The first-order valence-electron chi connectivity index (χ1n) is 6.79. The predicted molar refractivity (Wildman–Crippen MR) is 84.4 cm³/mol. The van der Waals surface area contributed by atoms with E-state index in [0.717, 1.165) is 11.3 Å². The molecule has 0 spiro atoms. The molecule has 2 aromatic rings. The second-order valence-corrected chi connectivity index (χ2v) is 5.06. The number of benzene rings is 1. The standard InChI is InChI=1S/C16H18N4O2/c1-11-6-7-14(18-9-11)10-20(2)16(22)19-13-5-3-4-12(8-13)15(17)21/h3-9H,10H2,1-2H3,(H2,17,21)(H,19,22). The molecule has 0 fully saturated rings. The molecule has 0 radical (unpaired) electrons. The number of amides is 3. The van der Waals surface area contributed by atoms with Crippen molar-refractivity contribution < 1.29 is 9.59 Å². The van der Waals surface area contributed by atoms with Crippen LogP contribution in [0.3, 0.4) is 0 Å². The lowest BCUT2D eigenvalue weighted by atomic mass is 10.2. The molecule has 0 aliphatic rings. The lowest BCUT2D eigenvalue weighted by Crippen LogP contribution is -2.31. The van der Waals surface area contributed by atoms with Crippen LogP contribution in [-0.4, -0.2) is 28.9 Å². The summed E-state index contributed by atoms with van der Waals surface area (Å²) in [6, 6.07) is 10.0. The molecule has 1 aromatic heterocycles. The first-order valence-corrected chi connectivity index (χ1v) is 6.79. The van der Waals surface area contributed by atoms with Crippen LogP contribution in [0, 0.1) is 6.92 Å². The van der Waals surface area contributed by atoms with Gasteiger partial charge < -0.3 is 16.0 Å². The van der Waals surface area contributed by atoms with Crippen LogP contribution in [0.5, 0.6) is 0 Å². The van der Waals surface area contributed by atoms with Crippen molar-refractivity contribution in [1.82, 2.24) is 9.88 Å². The molecule has 6 nitrogen and oxygen atoms in total. The van der Waals surface area contributed by atoms with Gasteiger partial charge in [-0.1, -0.05) is 12.1 Å². The highest BCUT2D eigenvalue weighted by Gasteiger charge is 2.11. The number of nitrogens with two attached hydrogens (primary N) is 1. The van der Waals surface area contributed by atoms with Crippen LogP contribution in [0.15, 0.2) is 42.6 Å². The zero-order chi connectivity index (χ0) is 16.1. The number of pyridine rings is 1. The van der Waals surface area contributed by atoms with E-state index in [4.69, 9.17) is 5.73 Å². The summed E-state index contributed by atoms with van der Waals surface area (Å²) >= 11 is 0. The van der Waals surface area contributed by atoms with Gasteiger partial charge in [0.2, 0.25) is 5.91 Å². The smallest absolute Gasteiger partial charge is 0.321 e. The monoisotopic (exact) mass is 298 g/mol. The van der Waals surface area contributed by atoms with E-state index in [0.29, 0.717) is 17.8 Å². The summed E-state index contributed by atoms with van der Waals surface area (Å²) in [5.41, 5.74) is 7.95. The van der Waals surface area contributed by atoms with Crippen LogP contribution in [-0.2, 0) is 6.54 Å². The summed E-state index contributed by atoms with van der Waals surface area (Å²) in [5, 5.41) is 2.72. The van der Waals surface area contributed by atoms with E-state index < -0.39 is 5.91 Å². The Balaban J connectivity index is 2.00. The molecule has 1 aromatic carbocycles. The molecule has 0 aliphatic heterocycles. The molecular formula is C16H18N4O2. The van der Waals surface area contributed by atoms with Gasteiger partial charge >= 0.3 is 6.03 Å². The Morgan fingerprint density at radius 2 is 2.05 bits per heavy atom. The number of nitrogens with zero attached hydrogens (tertiary/aromatic N) is 2. The number of urea groups is 1. The van der Waals surface area contributed by atoms with Gasteiger partial charge in [0.15, 0.2) is 0 Å². The van der Waals surface area contributed by atoms with E-state index >= 15 is 0 Å². The number of rotatable bonds is 4. The average Bonchev–Trinajstić information content (AvgIpc) is 2.49. The molecule has 3 N–H and O–H groups in total. The molecular weight excluding hydrogens is 280 g/mol. The molecule has 0 unspecified atom stereocenters. The van der Waals surface area contributed by atoms with E-state index in [9.17, 15) is 9.59 Å². The molecule has 2 rings (SSSR count). The Morgan fingerprint density at radius 3 is 2.68 bits per heavy atom. The Labute approximate surface area is 129 Å². The summed E-state index contributed by atoms with van der Waals surface area (Å²) in [5.74, 6) is -0.534. The highest BCUT2D eigenvalue weighted by molar-refractivity contribution is 5.95. The minimum absolute atomic E-state index is 0.288. The fourth-order valence-corrected chi connectivity index (χ4v) is 1.88. The number of anilines is 1. The number of carbonyl (C=O) groups is 2. The number of primary amides is 1. The Bertz CT molecular complexity index is 683. The van der Waals surface area contributed by atoms with Gasteiger partial charge in [0.05, 0.1) is 12.2 Å². The molecule has 3 amide bonds. The quantitative estimate of drug-likeness (QED) is 0.906. The van der Waals surface area contributed by atoms with Gasteiger partial charge in [0.25, 0.3) is 0 Å². The van der Waals surface area contributed by atoms with Crippen molar-refractivity contribution in [1.29, 1.82) is 0 Å². The number of hydrogen-bond donors (Lipinski definition) is 2. The fraction of sp³-hybridized carbons (Fsp3) is 0.188. The van der Waals surface area contributed by atoms with Gasteiger partial charge in [-0.25, -0.2) is 4.79 Å². The third kappa shape index (κ3) is 4.05. The van der Waals surface area contributed by atoms with Crippen molar-refractivity contribution in [3.8, 4) is 0 Å². The summed E-state index contributed by atoms with van der Waals surface area (Å²) in [6.45, 7) is 2.35. The van der Waals surface area contributed by atoms with Gasteiger partial charge in [-0.3, -0.25) is 9.78 Å². The zero-order valence-corrected chi connectivity index (χ0v) is 12.5. The van der Waals surface area contributed by atoms with E-state index in [1.165, 1.54) is 11.0 Å². The van der Waals surface area contributed by atoms with Gasteiger partial charge in [-0.15, -0.1) is 0 Å². The van der Waals surface area contributed by atoms with Gasteiger partial charge in [-0.2, -0.15) is 0 Å². The van der Waals surface area contributed by atoms with Crippen LogP contribution < -0.4 is 11.1 Å². The van der Waals surface area contributed by atoms with Crippen molar-refractivity contribution in [2.45, 2.75) is 13.5 Å². The highest BCUT2D eigenvalue weighted by atomic mass is 16.2. The number of nitrogens with one attached hydrogen (secondary N) is 1. The van der Waals surface area contributed by atoms with E-state index in [1.807, 2.05) is 19.1 Å². The Hall–Kier alpha value is -2.89. The van der Waals surface area contributed by atoms with Crippen LogP contribution >= 0.6 is 0 Å².